The van der Waals surface area contributed by atoms with Gasteiger partial charge in [-0.2, -0.15) is 9.97 Å². The van der Waals surface area contributed by atoms with Gasteiger partial charge in [-0.3, -0.25) is 19.7 Å². The largest absolute Gasteiger partial charge is 0.462 e. The van der Waals surface area contributed by atoms with Gasteiger partial charge in [-0.15, -0.1) is 6.42 Å². The first-order valence-corrected chi connectivity index (χ1v) is 20.7. The summed E-state index contributed by atoms with van der Waals surface area (Å²) in [7, 11) is 2.81. The lowest BCUT2D eigenvalue weighted by Crippen LogP contribution is -2.43. The number of pyridine rings is 1. The second-order valence-electron chi connectivity index (χ2n) is 17.0. The van der Waals surface area contributed by atoms with E-state index in [0.717, 1.165) is 54.5 Å². The minimum atomic E-state index is -0.974. The van der Waals surface area contributed by atoms with Crippen LogP contribution in [0, 0.1) is 24.0 Å². The van der Waals surface area contributed by atoms with E-state index in [1.54, 1.807) is 20.8 Å². The zero-order valence-electron chi connectivity index (χ0n) is 35.6. The number of amides is 2. The van der Waals surface area contributed by atoms with Crippen LogP contribution in [-0.4, -0.2) is 132 Å². The van der Waals surface area contributed by atoms with Crippen LogP contribution in [0.1, 0.15) is 64.9 Å². The van der Waals surface area contributed by atoms with Crippen molar-refractivity contribution in [3.05, 3.63) is 47.7 Å². The Kier molecular flexibility index (Phi) is 13.0. The summed E-state index contributed by atoms with van der Waals surface area (Å²) in [6.07, 6.45) is 9.48. The standard InChI is InChI=1S/C44H51F3N8O7/c1-7-30-33(46)13-12-27-20-29(61-41(57)52(5)18-19-59-34(56)25-53(6)42(58)62-43(2,3)4)21-31(35(27)30)37-36(47)38-32(23-48-37)39(55-17-10-8-9-15-49-55)51-40(50-38)60-26-44-14-11-16-54(44)24-28(45)22-44/h1,12-13,20-21,23,28,49H,8-11,14-19,22,24-26H2,2-6H3/t28-,44+/m1/s1. The normalized spacial score (nSPS) is 19.1. The van der Waals surface area contributed by atoms with Gasteiger partial charge in [0, 0.05) is 57.3 Å². The zero-order chi connectivity index (χ0) is 44.3. The van der Waals surface area contributed by atoms with Crippen LogP contribution in [0.4, 0.5) is 28.6 Å². The van der Waals surface area contributed by atoms with Gasteiger partial charge in [0.1, 0.15) is 54.3 Å². The molecule has 3 aliphatic rings. The first-order valence-electron chi connectivity index (χ1n) is 20.7. The van der Waals surface area contributed by atoms with Crippen molar-refractivity contribution in [3.8, 4) is 35.4 Å². The van der Waals surface area contributed by atoms with Crippen LogP contribution in [0.3, 0.4) is 0 Å². The van der Waals surface area contributed by atoms with Gasteiger partial charge in [0.15, 0.2) is 11.6 Å². The number of rotatable bonds is 11. The number of hydrogen-bond donors (Lipinski definition) is 1. The average molecular weight is 861 g/mol. The maximum Gasteiger partial charge on any atom is 0.415 e. The monoisotopic (exact) mass is 860 g/mol. The van der Waals surface area contributed by atoms with Crippen molar-refractivity contribution in [1.29, 1.82) is 0 Å². The predicted molar refractivity (Wildman–Crippen MR) is 224 cm³/mol. The number of alkyl halides is 1. The molecular formula is C44H51F3N8O7. The molecule has 2 amide bonds. The second-order valence-corrected chi connectivity index (χ2v) is 17.0. The van der Waals surface area contributed by atoms with Crippen molar-refractivity contribution < 1.29 is 46.5 Å². The smallest absolute Gasteiger partial charge is 0.415 e. The Labute approximate surface area is 357 Å². The summed E-state index contributed by atoms with van der Waals surface area (Å²) in [5, 5.41) is 2.60. The third-order valence-corrected chi connectivity index (χ3v) is 11.2. The molecular weight excluding hydrogens is 810 g/mol. The summed E-state index contributed by atoms with van der Waals surface area (Å²) >= 11 is 0. The molecule has 15 nitrogen and oxygen atoms in total. The molecule has 0 saturated carbocycles. The molecule has 330 valence electrons. The highest BCUT2D eigenvalue weighted by Gasteiger charge is 2.49. The molecule has 0 spiro atoms. The van der Waals surface area contributed by atoms with Crippen LogP contribution >= 0.6 is 0 Å². The molecule has 0 aliphatic carbocycles. The van der Waals surface area contributed by atoms with E-state index in [2.05, 4.69) is 26.2 Å². The van der Waals surface area contributed by atoms with E-state index in [0.29, 0.717) is 37.3 Å². The second kappa shape index (κ2) is 18.2. The first-order chi connectivity index (χ1) is 29.6. The summed E-state index contributed by atoms with van der Waals surface area (Å²) < 4.78 is 69.7. The minimum Gasteiger partial charge on any atom is -0.462 e. The molecule has 3 aliphatic heterocycles. The van der Waals surface area contributed by atoms with Crippen LogP contribution in [0.15, 0.2) is 30.5 Å². The number of benzene rings is 2. The lowest BCUT2D eigenvalue weighted by atomic mass is 9.95. The molecule has 2 atom stereocenters. The molecule has 2 aromatic heterocycles. The summed E-state index contributed by atoms with van der Waals surface area (Å²) in [6.45, 7) is 6.88. The van der Waals surface area contributed by atoms with Crippen LogP contribution in [0.2, 0.25) is 0 Å². The summed E-state index contributed by atoms with van der Waals surface area (Å²) in [5.74, 6) is 0.353. The molecule has 7 rings (SSSR count). The maximum absolute atomic E-state index is 17.3. The van der Waals surface area contributed by atoms with E-state index in [9.17, 15) is 18.8 Å². The molecule has 4 aromatic rings. The van der Waals surface area contributed by atoms with E-state index >= 15 is 8.78 Å². The Morgan fingerprint density at radius 2 is 1.85 bits per heavy atom. The summed E-state index contributed by atoms with van der Waals surface area (Å²) in [4.78, 5) is 56.1. The number of carbonyl (C=O) groups excluding carboxylic acids is 3. The molecule has 18 heteroatoms. The number of fused-ring (bicyclic) bond motifs is 3. The van der Waals surface area contributed by atoms with Crippen molar-refractivity contribution in [1.82, 2.24) is 35.1 Å². The molecule has 1 N–H and O–H groups in total. The fourth-order valence-corrected chi connectivity index (χ4v) is 8.18. The van der Waals surface area contributed by atoms with Gasteiger partial charge in [-0.05, 0) is 76.6 Å². The number of nitrogens with zero attached hydrogens (tertiary/aromatic N) is 7. The van der Waals surface area contributed by atoms with E-state index in [-0.39, 0.29) is 71.2 Å². The highest BCUT2D eigenvalue weighted by Crippen LogP contribution is 2.42. The number of halogens is 3. The Balaban J connectivity index is 1.18. The number of terminal acetylenes is 1. The quantitative estimate of drug-likeness (QED) is 0.131. The molecule has 0 bridgehead atoms. The Bertz CT molecular complexity index is 2400. The predicted octanol–water partition coefficient (Wildman–Crippen LogP) is 6.40. The topological polar surface area (TPSA) is 152 Å². The molecule has 3 saturated heterocycles. The minimum absolute atomic E-state index is 0.0267. The Morgan fingerprint density at radius 1 is 1.05 bits per heavy atom. The zero-order valence-corrected chi connectivity index (χ0v) is 35.6. The number of ether oxygens (including phenoxy) is 4. The molecule has 62 heavy (non-hydrogen) atoms. The van der Waals surface area contributed by atoms with Crippen molar-refractivity contribution in [3.63, 3.8) is 0 Å². The highest BCUT2D eigenvalue weighted by molar-refractivity contribution is 6.03. The molecule has 0 radical (unpaired) electrons. The molecule has 3 fully saturated rings. The number of likely N-dealkylation sites (N-methyl/N-ethyl adjacent to an activating group) is 2. The van der Waals surface area contributed by atoms with Gasteiger partial charge in [0.2, 0.25) is 0 Å². The SMILES string of the molecule is C#Cc1c(F)ccc2cc(OC(=O)N(C)CCOC(=O)CN(C)C(=O)OC(C)(C)C)cc(-c3ncc4c(N5CCCCCN5)nc(OC[C@@]56CCCN5C[C@H](F)C6)nc4c3F)c12. The molecule has 2 aromatic carbocycles. The van der Waals surface area contributed by atoms with Gasteiger partial charge in [-0.1, -0.05) is 18.4 Å². The van der Waals surface area contributed by atoms with E-state index in [4.69, 9.17) is 30.4 Å². The first kappa shape index (κ1) is 44.1. The van der Waals surface area contributed by atoms with Crippen molar-refractivity contribution in [2.45, 2.75) is 76.6 Å². The number of carbonyl (C=O) groups is 3. The van der Waals surface area contributed by atoms with Gasteiger partial charge in [-0.25, -0.2) is 28.2 Å². The Hall–Kier alpha value is -5.93. The Morgan fingerprint density at radius 3 is 2.63 bits per heavy atom. The van der Waals surface area contributed by atoms with Crippen LogP contribution < -0.4 is 19.9 Å². The summed E-state index contributed by atoms with van der Waals surface area (Å²) in [6, 6.07) is 5.30. The molecule has 0 unspecified atom stereocenters. The number of anilines is 1. The molecule has 5 heterocycles. The summed E-state index contributed by atoms with van der Waals surface area (Å²) in [5.41, 5.74) is 1.59. The fourth-order valence-electron chi connectivity index (χ4n) is 8.18. The highest BCUT2D eigenvalue weighted by atomic mass is 19.1. The lowest BCUT2D eigenvalue weighted by Gasteiger charge is -2.31. The van der Waals surface area contributed by atoms with E-state index in [1.807, 2.05) is 5.01 Å². The van der Waals surface area contributed by atoms with Crippen LogP contribution in [0.5, 0.6) is 11.8 Å². The number of hydrogen-bond acceptors (Lipinski definition) is 13. The van der Waals surface area contributed by atoms with Crippen LogP contribution in [0.25, 0.3) is 32.9 Å². The van der Waals surface area contributed by atoms with Gasteiger partial charge in [0.25, 0.3) is 0 Å². The van der Waals surface area contributed by atoms with E-state index in [1.165, 1.54) is 38.5 Å². The van der Waals surface area contributed by atoms with Gasteiger partial charge in [0.05, 0.1) is 23.0 Å². The van der Waals surface area contributed by atoms with E-state index < -0.39 is 47.1 Å². The third kappa shape index (κ3) is 9.58. The average Bonchev–Trinajstić information content (AvgIpc) is 3.60. The van der Waals surface area contributed by atoms with Gasteiger partial charge >= 0.3 is 24.2 Å². The fraction of sp³-hybridized carbons (Fsp3) is 0.500. The van der Waals surface area contributed by atoms with Crippen molar-refractivity contribution in [2.75, 3.05) is 71.6 Å². The maximum atomic E-state index is 17.3. The van der Waals surface area contributed by atoms with Crippen LogP contribution in [-0.2, 0) is 14.3 Å². The number of aromatic nitrogens is 3. The lowest BCUT2D eigenvalue weighted by molar-refractivity contribution is -0.144. The number of hydrazine groups is 1. The number of nitrogens with one attached hydrogen (secondary N) is 1. The number of esters is 1. The van der Waals surface area contributed by atoms with Crippen molar-refractivity contribution in [2.24, 2.45) is 0 Å². The third-order valence-electron chi connectivity index (χ3n) is 11.2. The van der Waals surface area contributed by atoms with Crippen molar-refractivity contribution >= 4 is 45.6 Å². The van der Waals surface area contributed by atoms with Gasteiger partial charge < -0.3 is 28.7 Å².